The van der Waals surface area contributed by atoms with Crippen LogP contribution in [0.4, 0.5) is 5.95 Å². The number of nitrogens with one attached hydrogen (secondary N) is 1. The Morgan fingerprint density at radius 2 is 1.57 bits per heavy atom. The van der Waals surface area contributed by atoms with Crippen molar-refractivity contribution in [2.45, 2.75) is 19.6 Å². The van der Waals surface area contributed by atoms with Crippen LogP contribution in [0.25, 0.3) is 16.7 Å². The zero-order valence-corrected chi connectivity index (χ0v) is 22.3. The molecule has 5 aromatic rings. The largest absolute Gasteiger partial charge is 0.497 e. The van der Waals surface area contributed by atoms with Crippen LogP contribution in [0, 0.1) is 0 Å². The Labute approximate surface area is 232 Å². The predicted octanol–water partition coefficient (Wildman–Crippen LogP) is 6.61. The number of carbonyl (C=O) groups is 1. The number of benzene rings is 4. The number of aromatic nitrogens is 2. The number of ether oxygens (including phenoxy) is 3. The van der Waals surface area contributed by atoms with Gasteiger partial charge in [-0.15, -0.1) is 0 Å². The van der Waals surface area contributed by atoms with Gasteiger partial charge in [0.1, 0.15) is 18.1 Å². The van der Waals surface area contributed by atoms with Crippen LogP contribution in [0.15, 0.2) is 109 Å². The molecule has 1 unspecified atom stereocenters. The maximum absolute atomic E-state index is 13.7. The third-order valence-corrected chi connectivity index (χ3v) is 6.95. The molecule has 0 bridgehead atoms. The lowest BCUT2D eigenvalue weighted by molar-refractivity contribution is -0.138. The smallest absolute Gasteiger partial charge is 0.338 e. The summed E-state index contributed by atoms with van der Waals surface area (Å²) in [4.78, 5) is 18.6. The second-order valence-corrected chi connectivity index (χ2v) is 9.40. The van der Waals surface area contributed by atoms with Crippen LogP contribution in [0.1, 0.15) is 29.7 Å². The molecule has 0 spiro atoms. The molecular formula is C33H29N3O4. The van der Waals surface area contributed by atoms with Gasteiger partial charge < -0.3 is 19.5 Å². The van der Waals surface area contributed by atoms with E-state index in [4.69, 9.17) is 19.2 Å². The number of carbonyl (C=O) groups excluding carboxylic acids is 1. The van der Waals surface area contributed by atoms with Crippen LogP contribution in [0.2, 0.25) is 0 Å². The fourth-order valence-electron chi connectivity index (χ4n) is 5.05. The summed E-state index contributed by atoms with van der Waals surface area (Å²) in [6.45, 7) is 2.54. The Morgan fingerprint density at radius 1 is 0.875 bits per heavy atom. The number of hydrogen-bond donors (Lipinski definition) is 1. The molecule has 0 saturated heterocycles. The Morgan fingerprint density at radius 3 is 2.30 bits per heavy atom. The maximum Gasteiger partial charge on any atom is 0.338 e. The van der Waals surface area contributed by atoms with Crippen molar-refractivity contribution in [3.8, 4) is 11.5 Å². The molecule has 1 aliphatic heterocycles. The highest BCUT2D eigenvalue weighted by Crippen LogP contribution is 2.42. The van der Waals surface area contributed by atoms with Gasteiger partial charge in [0, 0.05) is 0 Å². The van der Waals surface area contributed by atoms with Gasteiger partial charge in [0.05, 0.1) is 42.1 Å². The molecule has 6 rings (SSSR count). The summed E-state index contributed by atoms with van der Waals surface area (Å²) in [5, 5.41) is 3.44. The molecule has 2 heterocycles. The van der Waals surface area contributed by atoms with Crippen LogP contribution in [-0.2, 0) is 16.1 Å². The van der Waals surface area contributed by atoms with E-state index >= 15 is 0 Å². The average molecular weight is 532 g/mol. The fraction of sp³-hybridized carbons (Fsp3) is 0.152. The average Bonchev–Trinajstić information content (AvgIpc) is 3.38. The monoisotopic (exact) mass is 531 g/mol. The highest BCUT2D eigenvalue weighted by Gasteiger charge is 2.36. The van der Waals surface area contributed by atoms with E-state index in [1.807, 2.05) is 110 Å². The third-order valence-electron chi connectivity index (χ3n) is 6.95. The van der Waals surface area contributed by atoms with Crippen LogP contribution in [-0.4, -0.2) is 29.2 Å². The van der Waals surface area contributed by atoms with Crippen molar-refractivity contribution in [1.82, 2.24) is 9.55 Å². The third kappa shape index (κ3) is 4.78. The molecule has 0 fully saturated rings. The maximum atomic E-state index is 13.7. The lowest BCUT2D eigenvalue weighted by Crippen LogP contribution is -2.29. The SMILES string of the molecule is CCOC(=O)C1=C(c2ccc(OC)cc2)Nc2nc3ccccc3n2C1c1ccc(OCc2ccccc2)cc1. The van der Waals surface area contributed by atoms with Gasteiger partial charge in [-0.3, -0.25) is 4.57 Å². The number of hydrogen-bond acceptors (Lipinski definition) is 6. The minimum Gasteiger partial charge on any atom is -0.497 e. The number of para-hydroxylation sites is 2. The van der Waals surface area contributed by atoms with Crippen LogP contribution < -0.4 is 14.8 Å². The van der Waals surface area contributed by atoms with E-state index in [2.05, 4.69) is 9.88 Å². The Bertz CT molecular complexity index is 1670. The first-order valence-electron chi connectivity index (χ1n) is 13.2. The predicted molar refractivity (Wildman–Crippen MR) is 155 cm³/mol. The van der Waals surface area contributed by atoms with Crippen molar-refractivity contribution in [3.63, 3.8) is 0 Å². The summed E-state index contributed by atoms with van der Waals surface area (Å²) in [6, 6.07) is 33.0. The fourth-order valence-corrected chi connectivity index (χ4v) is 5.05. The van der Waals surface area contributed by atoms with Crippen molar-refractivity contribution in [1.29, 1.82) is 0 Å². The van der Waals surface area contributed by atoms with Crippen molar-refractivity contribution in [2.24, 2.45) is 0 Å². The van der Waals surface area contributed by atoms with Gasteiger partial charge in [-0.05, 0) is 72.1 Å². The van der Waals surface area contributed by atoms with Crippen molar-refractivity contribution in [3.05, 3.63) is 125 Å². The van der Waals surface area contributed by atoms with Crippen molar-refractivity contribution in [2.75, 3.05) is 19.0 Å². The van der Waals surface area contributed by atoms with Gasteiger partial charge in [0.25, 0.3) is 0 Å². The van der Waals surface area contributed by atoms with E-state index in [0.29, 0.717) is 23.8 Å². The lowest BCUT2D eigenvalue weighted by atomic mass is 9.92. The molecule has 7 heteroatoms. The number of nitrogens with zero attached hydrogens (tertiary/aromatic N) is 2. The summed E-state index contributed by atoms with van der Waals surface area (Å²) in [5.41, 5.74) is 5.73. The Balaban J connectivity index is 1.47. The van der Waals surface area contributed by atoms with Crippen molar-refractivity contribution >= 4 is 28.6 Å². The molecule has 7 nitrogen and oxygen atoms in total. The van der Waals surface area contributed by atoms with Crippen LogP contribution >= 0.6 is 0 Å². The van der Waals surface area contributed by atoms with Crippen LogP contribution in [0.3, 0.4) is 0 Å². The van der Waals surface area contributed by atoms with Gasteiger partial charge in [0.2, 0.25) is 5.95 Å². The molecule has 1 N–H and O–H groups in total. The molecule has 4 aromatic carbocycles. The first-order chi connectivity index (χ1) is 19.7. The van der Waals surface area contributed by atoms with E-state index in [1.54, 1.807) is 7.11 Å². The molecule has 40 heavy (non-hydrogen) atoms. The number of anilines is 1. The van der Waals surface area contributed by atoms with Crippen LogP contribution in [0.5, 0.6) is 11.5 Å². The van der Waals surface area contributed by atoms with Gasteiger partial charge in [0.15, 0.2) is 0 Å². The van der Waals surface area contributed by atoms with E-state index in [1.165, 1.54) is 0 Å². The highest BCUT2D eigenvalue weighted by atomic mass is 16.5. The standard InChI is InChI=1S/C33H29N3O4/c1-3-39-32(37)29-30(23-13-17-25(38-2)18-14-23)35-33-34-27-11-7-8-12-28(27)36(33)31(29)24-15-19-26(20-16-24)40-21-22-9-5-4-6-10-22/h4-20,31H,3,21H2,1-2H3,(H,34,35). The number of esters is 1. The molecular weight excluding hydrogens is 502 g/mol. The molecule has 1 aromatic heterocycles. The summed E-state index contributed by atoms with van der Waals surface area (Å²) in [5.74, 6) is 1.73. The molecule has 200 valence electrons. The van der Waals surface area contributed by atoms with E-state index < -0.39 is 12.0 Å². The lowest BCUT2D eigenvalue weighted by Gasteiger charge is -2.31. The second-order valence-electron chi connectivity index (χ2n) is 9.40. The molecule has 0 saturated carbocycles. The molecule has 0 amide bonds. The summed E-state index contributed by atoms with van der Waals surface area (Å²) in [7, 11) is 1.63. The number of imidazole rings is 1. The quantitative estimate of drug-likeness (QED) is 0.227. The minimum absolute atomic E-state index is 0.259. The number of fused-ring (bicyclic) bond motifs is 3. The Hall–Kier alpha value is -5.04. The molecule has 0 radical (unpaired) electrons. The first kappa shape index (κ1) is 25.2. The molecule has 0 aliphatic carbocycles. The normalized spacial score (nSPS) is 14.4. The van der Waals surface area contributed by atoms with E-state index in [0.717, 1.165) is 39.2 Å². The topological polar surface area (TPSA) is 74.6 Å². The molecule has 1 atom stereocenters. The summed E-state index contributed by atoms with van der Waals surface area (Å²) in [6.07, 6.45) is 0. The second kappa shape index (κ2) is 11.0. The van der Waals surface area contributed by atoms with Gasteiger partial charge in [-0.25, -0.2) is 9.78 Å². The summed E-state index contributed by atoms with van der Waals surface area (Å²) < 4.78 is 19.1. The minimum atomic E-state index is -0.483. The van der Waals surface area contributed by atoms with E-state index in [9.17, 15) is 4.79 Å². The van der Waals surface area contributed by atoms with Crippen molar-refractivity contribution < 1.29 is 19.0 Å². The zero-order chi connectivity index (χ0) is 27.5. The Kier molecular flexibility index (Phi) is 6.93. The van der Waals surface area contributed by atoms with Gasteiger partial charge in [-0.1, -0.05) is 54.6 Å². The number of rotatable bonds is 8. The first-order valence-corrected chi connectivity index (χ1v) is 13.2. The van der Waals surface area contributed by atoms with Gasteiger partial charge >= 0.3 is 5.97 Å². The van der Waals surface area contributed by atoms with Gasteiger partial charge in [-0.2, -0.15) is 0 Å². The zero-order valence-electron chi connectivity index (χ0n) is 22.3. The molecule has 1 aliphatic rings. The summed E-state index contributed by atoms with van der Waals surface area (Å²) >= 11 is 0. The van der Waals surface area contributed by atoms with E-state index in [-0.39, 0.29) is 6.61 Å². The highest BCUT2D eigenvalue weighted by molar-refractivity contribution is 6.03. The number of methoxy groups -OCH3 is 1.